The highest BCUT2D eigenvalue weighted by molar-refractivity contribution is 5.89. The fraction of sp³-hybridized carbons (Fsp3) is 0.714. The van der Waals surface area contributed by atoms with Crippen LogP contribution >= 0.6 is 0 Å². The minimum Gasteiger partial charge on any atom is -0.481 e. The fourth-order valence-corrected chi connectivity index (χ4v) is 2.07. The van der Waals surface area contributed by atoms with Gasteiger partial charge in [0.25, 0.3) is 0 Å². The van der Waals surface area contributed by atoms with Crippen LogP contribution in [0, 0.1) is 5.92 Å². The van der Waals surface area contributed by atoms with Crippen molar-refractivity contribution < 1.29 is 24.3 Å². The summed E-state index contributed by atoms with van der Waals surface area (Å²) in [4.78, 5) is 45.3. The van der Waals surface area contributed by atoms with Crippen LogP contribution in [0.15, 0.2) is 10.2 Å². The first-order valence-corrected chi connectivity index (χ1v) is 7.20. The maximum Gasteiger partial charge on any atom is 0.303 e. The van der Waals surface area contributed by atoms with Gasteiger partial charge in [0, 0.05) is 38.0 Å². The molecule has 1 amide bonds. The van der Waals surface area contributed by atoms with Gasteiger partial charge in [-0.15, -0.1) is 0 Å². The molecule has 8 heteroatoms. The first-order valence-electron chi connectivity index (χ1n) is 7.20. The lowest BCUT2D eigenvalue weighted by atomic mass is 9.89. The first kappa shape index (κ1) is 17.9. The number of carboxylic acids is 1. The van der Waals surface area contributed by atoms with E-state index in [-0.39, 0.29) is 50.1 Å². The number of nitrogens with zero attached hydrogens (tertiary/aromatic N) is 2. The Morgan fingerprint density at radius 3 is 2.23 bits per heavy atom. The second kappa shape index (κ2) is 7.77. The van der Waals surface area contributed by atoms with E-state index in [1.807, 2.05) is 6.92 Å². The van der Waals surface area contributed by atoms with E-state index in [2.05, 4.69) is 10.2 Å². The maximum atomic E-state index is 12.0. The number of carboxylic acid groups (broad SMARTS) is 1. The van der Waals surface area contributed by atoms with Gasteiger partial charge in [0.1, 0.15) is 11.6 Å². The number of aliphatic carboxylic acids is 1. The lowest BCUT2D eigenvalue weighted by Crippen LogP contribution is -2.22. The molecule has 1 rings (SSSR count). The minimum atomic E-state index is -1.07. The SMILES string of the molecule is CC1(CCC(=O)CC(CCC(N)=O)C(=O)CCC(=O)O)N=N1. The van der Waals surface area contributed by atoms with Crippen molar-refractivity contribution in [1.29, 1.82) is 0 Å². The minimum absolute atomic E-state index is 0.000853. The molecule has 8 nitrogen and oxygen atoms in total. The molecule has 0 fully saturated rings. The Morgan fingerprint density at radius 2 is 1.73 bits per heavy atom. The van der Waals surface area contributed by atoms with Gasteiger partial charge in [-0.05, 0) is 13.3 Å². The average Bonchev–Trinajstić information content (AvgIpc) is 3.16. The molecule has 1 aliphatic rings. The largest absolute Gasteiger partial charge is 0.481 e. The highest BCUT2D eigenvalue weighted by Crippen LogP contribution is 2.32. The summed E-state index contributed by atoms with van der Waals surface area (Å²) >= 11 is 0. The van der Waals surface area contributed by atoms with Crippen LogP contribution in [0.5, 0.6) is 0 Å². The Hall–Kier alpha value is -2.12. The summed E-state index contributed by atoms with van der Waals surface area (Å²) in [7, 11) is 0. The van der Waals surface area contributed by atoms with Crippen molar-refractivity contribution >= 4 is 23.4 Å². The van der Waals surface area contributed by atoms with E-state index >= 15 is 0 Å². The van der Waals surface area contributed by atoms with Gasteiger partial charge in [-0.2, -0.15) is 10.2 Å². The van der Waals surface area contributed by atoms with Crippen molar-refractivity contribution in [1.82, 2.24) is 0 Å². The smallest absolute Gasteiger partial charge is 0.303 e. The zero-order valence-corrected chi connectivity index (χ0v) is 12.6. The summed E-state index contributed by atoms with van der Waals surface area (Å²) in [6.45, 7) is 1.81. The monoisotopic (exact) mass is 311 g/mol. The normalized spacial score (nSPS) is 16.0. The zero-order valence-electron chi connectivity index (χ0n) is 12.6. The molecule has 0 bridgehead atoms. The first-order chi connectivity index (χ1) is 10.2. The molecule has 1 unspecified atom stereocenters. The predicted octanol–water partition coefficient (Wildman–Crippen LogP) is 1.22. The molecule has 0 aromatic heterocycles. The van der Waals surface area contributed by atoms with Crippen molar-refractivity contribution in [2.45, 2.75) is 57.5 Å². The van der Waals surface area contributed by atoms with Crippen molar-refractivity contribution in [3.63, 3.8) is 0 Å². The average molecular weight is 311 g/mol. The van der Waals surface area contributed by atoms with Crippen LogP contribution in [-0.4, -0.2) is 34.2 Å². The number of amides is 1. The lowest BCUT2D eigenvalue weighted by Gasteiger charge is -2.14. The lowest BCUT2D eigenvalue weighted by molar-refractivity contribution is -0.139. The van der Waals surface area contributed by atoms with E-state index in [1.54, 1.807) is 0 Å². The third kappa shape index (κ3) is 7.05. The second-order valence-corrected chi connectivity index (χ2v) is 5.72. The number of ketones is 2. The van der Waals surface area contributed by atoms with Gasteiger partial charge >= 0.3 is 5.97 Å². The standard InChI is InChI=1S/C14H21N3O5/c1-14(16-17-14)7-6-10(18)8-9(2-4-12(15)20)11(19)3-5-13(21)22/h9H,2-8H2,1H3,(H2,15,20)(H,21,22). The van der Waals surface area contributed by atoms with Crippen LogP contribution < -0.4 is 5.73 Å². The molecular formula is C14H21N3O5. The Balaban J connectivity index is 2.47. The Labute approximate surface area is 128 Å². The molecule has 1 aliphatic heterocycles. The van der Waals surface area contributed by atoms with E-state index < -0.39 is 23.5 Å². The van der Waals surface area contributed by atoms with Gasteiger partial charge in [0.05, 0.1) is 6.42 Å². The molecule has 1 atom stereocenters. The molecule has 0 aromatic carbocycles. The summed E-state index contributed by atoms with van der Waals surface area (Å²) in [5.41, 5.74) is 4.60. The molecule has 1 heterocycles. The molecule has 122 valence electrons. The van der Waals surface area contributed by atoms with Gasteiger partial charge in [-0.1, -0.05) is 0 Å². The van der Waals surface area contributed by atoms with Crippen LogP contribution in [0.4, 0.5) is 0 Å². The number of Topliss-reactive ketones (excluding diaryl/α,β-unsaturated/α-hetero) is 2. The molecule has 0 aromatic rings. The molecule has 3 N–H and O–H groups in total. The fourth-order valence-electron chi connectivity index (χ4n) is 2.07. The van der Waals surface area contributed by atoms with Gasteiger partial charge in [-0.3, -0.25) is 19.2 Å². The maximum absolute atomic E-state index is 12.0. The molecule has 0 radical (unpaired) electrons. The molecule has 0 aliphatic carbocycles. The van der Waals surface area contributed by atoms with Crippen LogP contribution in [0.1, 0.15) is 51.9 Å². The van der Waals surface area contributed by atoms with Crippen molar-refractivity contribution in [2.75, 3.05) is 0 Å². The molecule has 0 saturated heterocycles. The number of carbonyl (C=O) groups is 4. The van der Waals surface area contributed by atoms with E-state index in [0.29, 0.717) is 6.42 Å². The van der Waals surface area contributed by atoms with Crippen LogP contribution in [-0.2, 0) is 19.2 Å². The molecule has 22 heavy (non-hydrogen) atoms. The van der Waals surface area contributed by atoms with Crippen molar-refractivity contribution in [3.05, 3.63) is 0 Å². The third-order valence-corrected chi connectivity index (χ3v) is 3.57. The van der Waals surface area contributed by atoms with Crippen molar-refractivity contribution in [3.8, 4) is 0 Å². The summed E-state index contributed by atoms with van der Waals surface area (Å²) < 4.78 is 0. The Kier molecular flexibility index (Phi) is 6.33. The molecular weight excluding hydrogens is 290 g/mol. The number of nitrogens with two attached hydrogens (primary N) is 1. The Morgan fingerprint density at radius 1 is 1.09 bits per heavy atom. The summed E-state index contributed by atoms with van der Waals surface area (Å²) in [5, 5.41) is 16.2. The zero-order chi connectivity index (χ0) is 16.8. The second-order valence-electron chi connectivity index (χ2n) is 5.72. The van der Waals surface area contributed by atoms with E-state index in [9.17, 15) is 19.2 Å². The van der Waals surface area contributed by atoms with Gasteiger partial charge in [-0.25, -0.2) is 0 Å². The van der Waals surface area contributed by atoms with Crippen LogP contribution in [0.2, 0.25) is 0 Å². The highest BCUT2D eigenvalue weighted by Gasteiger charge is 2.34. The third-order valence-electron chi connectivity index (χ3n) is 3.57. The van der Waals surface area contributed by atoms with E-state index in [4.69, 9.17) is 10.8 Å². The topological polar surface area (TPSA) is 139 Å². The number of carbonyl (C=O) groups excluding carboxylic acids is 3. The van der Waals surface area contributed by atoms with Gasteiger partial charge in [0.15, 0.2) is 5.66 Å². The summed E-state index contributed by atoms with van der Waals surface area (Å²) in [6.07, 6.45) is 0.497. The number of hydrogen-bond donors (Lipinski definition) is 2. The van der Waals surface area contributed by atoms with Gasteiger partial charge in [0.2, 0.25) is 5.91 Å². The number of primary amides is 1. The summed E-state index contributed by atoms with van der Waals surface area (Å²) in [5.74, 6) is -2.70. The van der Waals surface area contributed by atoms with E-state index in [1.165, 1.54) is 0 Å². The van der Waals surface area contributed by atoms with Crippen molar-refractivity contribution in [2.24, 2.45) is 21.9 Å². The number of rotatable bonds is 12. The van der Waals surface area contributed by atoms with Gasteiger partial charge < -0.3 is 10.8 Å². The quantitative estimate of drug-likeness (QED) is 0.557. The Bertz CT molecular complexity index is 495. The van der Waals surface area contributed by atoms with Crippen LogP contribution in [0.3, 0.4) is 0 Å². The van der Waals surface area contributed by atoms with Crippen LogP contribution in [0.25, 0.3) is 0 Å². The summed E-state index contributed by atoms with van der Waals surface area (Å²) in [6, 6.07) is 0. The number of hydrogen-bond acceptors (Lipinski definition) is 6. The molecule has 0 saturated carbocycles. The van der Waals surface area contributed by atoms with E-state index in [0.717, 1.165) is 0 Å². The highest BCUT2D eigenvalue weighted by atomic mass is 16.4. The predicted molar refractivity (Wildman–Crippen MR) is 75.9 cm³/mol. The molecule has 0 spiro atoms.